The zero-order valence-corrected chi connectivity index (χ0v) is 11.4. The molecule has 0 aliphatic carbocycles. The summed E-state index contributed by atoms with van der Waals surface area (Å²) in [6, 6.07) is 8.42. The molecule has 18 heavy (non-hydrogen) atoms. The van der Waals surface area contributed by atoms with Gasteiger partial charge in [0.1, 0.15) is 0 Å². The summed E-state index contributed by atoms with van der Waals surface area (Å²) in [6.07, 6.45) is 2.32. The van der Waals surface area contributed by atoms with Crippen molar-refractivity contribution in [2.24, 2.45) is 0 Å². The van der Waals surface area contributed by atoms with Gasteiger partial charge < -0.3 is 14.8 Å². The van der Waals surface area contributed by atoms with E-state index in [-0.39, 0.29) is 5.54 Å². The maximum absolute atomic E-state index is 5.56. The maximum Gasteiger partial charge on any atom is 0.0716 e. The molecule has 1 fully saturated rings. The molecular formula is C15H23NO2. The zero-order chi connectivity index (χ0) is 12.8. The molecule has 1 atom stereocenters. The third-order valence-corrected chi connectivity index (χ3v) is 3.56. The van der Waals surface area contributed by atoms with Crippen LogP contribution in [0.3, 0.4) is 0 Å². The van der Waals surface area contributed by atoms with E-state index in [0.717, 1.165) is 26.2 Å². The van der Waals surface area contributed by atoms with E-state index in [1.807, 2.05) is 0 Å². The molecule has 1 aromatic carbocycles. The Morgan fingerprint density at radius 1 is 1.33 bits per heavy atom. The molecule has 3 nitrogen and oxygen atoms in total. The summed E-state index contributed by atoms with van der Waals surface area (Å²) in [4.78, 5) is 0. The Balaban J connectivity index is 1.96. The highest BCUT2D eigenvalue weighted by Gasteiger charge is 2.26. The van der Waals surface area contributed by atoms with E-state index in [4.69, 9.17) is 9.47 Å². The van der Waals surface area contributed by atoms with Gasteiger partial charge in [-0.3, -0.25) is 0 Å². The van der Waals surface area contributed by atoms with Gasteiger partial charge in [-0.15, -0.1) is 0 Å². The van der Waals surface area contributed by atoms with Crippen LogP contribution in [0.1, 0.15) is 30.9 Å². The smallest absolute Gasteiger partial charge is 0.0716 e. The summed E-state index contributed by atoms with van der Waals surface area (Å²) in [5, 5.41) is 3.63. The van der Waals surface area contributed by atoms with E-state index in [9.17, 15) is 0 Å². The lowest BCUT2D eigenvalue weighted by Gasteiger charge is -2.34. The number of hydrogen-bond donors (Lipinski definition) is 1. The Kier molecular flexibility index (Phi) is 4.75. The molecule has 1 aromatic rings. The normalized spacial score (nSPS) is 24.1. The van der Waals surface area contributed by atoms with Crippen LogP contribution in [0.25, 0.3) is 0 Å². The molecule has 0 saturated carbocycles. The summed E-state index contributed by atoms with van der Waals surface area (Å²) in [6.45, 7) is 5.49. The number of methoxy groups -OCH3 is 1. The summed E-state index contributed by atoms with van der Waals surface area (Å²) in [5.41, 5.74) is 2.68. The monoisotopic (exact) mass is 249 g/mol. The Bertz CT molecular complexity index is 373. The number of benzene rings is 1. The summed E-state index contributed by atoms with van der Waals surface area (Å²) >= 11 is 0. The van der Waals surface area contributed by atoms with Gasteiger partial charge >= 0.3 is 0 Å². The lowest BCUT2D eigenvalue weighted by atomic mass is 9.94. The second-order valence-electron chi connectivity index (χ2n) is 5.27. The molecule has 1 N–H and O–H groups in total. The summed E-state index contributed by atoms with van der Waals surface area (Å²) < 4.78 is 10.8. The molecule has 100 valence electrons. The fourth-order valence-corrected chi connectivity index (χ4v) is 2.41. The molecule has 1 heterocycles. The van der Waals surface area contributed by atoms with E-state index < -0.39 is 0 Å². The first-order chi connectivity index (χ1) is 8.73. The summed E-state index contributed by atoms with van der Waals surface area (Å²) in [5.74, 6) is 0. The van der Waals surface area contributed by atoms with Crippen molar-refractivity contribution in [1.82, 2.24) is 5.32 Å². The predicted octanol–water partition coefficient (Wildman–Crippen LogP) is 2.49. The minimum atomic E-state index is 0.110. The van der Waals surface area contributed by atoms with Crippen molar-refractivity contribution in [3.8, 4) is 0 Å². The van der Waals surface area contributed by atoms with Gasteiger partial charge in [0.2, 0.25) is 0 Å². The highest BCUT2D eigenvalue weighted by molar-refractivity contribution is 5.26. The largest absolute Gasteiger partial charge is 0.380 e. The second kappa shape index (κ2) is 6.32. The Labute approximate surface area is 109 Å². The van der Waals surface area contributed by atoms with E-state index in [1.54, 1.807) is 7.11 Å². The highest BCUT2D eigenvalue weighted by Crippen LogP contribution is 2.19. The standard InChI is InChI=1S/C15H23NO2/c1-15(8-5-9-18-12-15)16-10-13-6-3-4-7-14(13)11-17-2/h3-4,6-7,16H,5,8-12H2,1-2H3. The molecular weight excluding hydrogens is 226 g/mol. The fraction of sp³-hybridized carbons (Fsp3) is 0.600. The van der Waals surface area contributed by atoms with E-state index in [1.165, 1.54) is 17.5 Å². The molecule has 0 amide bonds. The lowest BCUT2D eigenvalue weighted by molar-refractivity contribution is 0.0277. The quantitative estimate of drug-likeness (QED) is 0.869. The van der Waals surface area contributed by atoms with Gasteiger partial charge in [0.15, 0.2) is 0 Å². The lowest BCUT2D eigenvalue weighted by Crippen LogP contribution is -2.48. The van der Waals surface area contributed by atoms with Crippen LogP contribution in [0.5, 0.6) is 0 Å². The van der Waals surface area contributed by atoms with Crippen LogP contribution < -0.4 is 5.32 Å². The van der Waals surface area contributed by atoms with Gasteiger partial charge in [-0.25, -0.2) is 0 Å². The first-order valence-electron chi connectivity index (χ1n) is 6.62. The molecule has 0 aromatic heterocycles. The highest BCUT2D eigenvalue weighted by atomic mass is 16.5. The predicted molar refractivity (Wildman–Crippen MR) is 72.5 cm³/mol. The molecule has 3 heteroatoms. The minimum absolute atomic E-state index is 0.110. The average Bonchev–Trinajstić information content (AvgIpc) is 2.39. The van der Waals surface area contributed by atoms with Gasteiger partial charge in [-0.05, 0) is 30.9 Å². The molecule has 2 rings (SSSR count). The van der Waals surface area contributed by atoms with Crippen molar-refractivity contribution < 1.29 is 9.47 Å². The van der Waals surface area contributed by atoms with E-state index in [0.29, 0.717) is 6.61 Å². The van der Waals surface area contributed by atoms with Crippen molar-refractivity contribution in [3.05, 3.63) is 35.4 Å². The number of nitrogens with one attached hydrogen (secondary N) is 1. The second-order valence-corrected chi connectivity index (χ2v) is 5.27. The van der Waals surface area contributed by atoms with Crippen LogP contribution in [-0.4, -0.2) is 25.9 Å². The van der Waals surface area contributed by atoms with Crippen molar-refractivity contribution in [2.75, 3.05) is 20.3 Å². The zero-order valence-electron chi connectivity index (χ0n) is 11.4. The molecule has 1 aliphatic heterocycles. The van der Waals surface area contributed by atoms with Gasteiger partial charge in [-0.1, -0.05) is 24.3 Å². The van der Waals surface area contributed by atoms with Gasteiger partial charge in [0, 0.05) is 25.8 Å². The van der Waals surface area contributed by atoms with E-state index >= 15 is 0 Å². The molecule has 1 aliphatic rings. The molecule has 1 saturated heterocycles. The van der Waals surface area contributed by atoms with Gasteiger partial charge in [-0.2, -0.15) is 0 Å². The van der Waals surface area contributed by atoms with Crippen molar-refractivity contribution in [3.63, 3.8) is 0 Å². The fourth-order valence-electron chi connectivity index (χ4n) is 2.41. The van der Waals surface area contributed by atoms with Crippen molar-refractivity contribution >= 4 is 0 Å². The molecule has 0 radical (unpaired) electrons. The molecule has 1 unspecified atom stereocenters. The third kappa shape index (κ3) is 3.55. The van der Waals surface area contributed by atoms with Crippen molar-refractivity contribution in [2.45, 2.75) is 38.5 Å². The first-order valence-corrected chi connectivity index (χ1v) is 6.62. The average molecular weight is 249 g/mol. The minimum Gasteiger partial charge on any atom is -0.380 e. The van der Waals surface area contributed by atoms with Gasteiger partial charge in [0.05, 0.1) is 13.2 Å². The molecule has 0 spiro atoms. The van der Waals surface area contributed by atoms with Crippen LogP contribution in [0.4, 0.5) is 0 Å². The summed E-state index contributed by atoms with van der Waals surface area (Å²) in [7, 11) is 1.74. The maximum atomic E-state index is 5.56. The Morgan fingerprint density at radius 2 is 2.11 bits per heavy atom. The molecule has 0 bridgehead atoms. The Hall–Kier alpha value is -0.900. The topological polar surface area (TPSA) is 30.5 Å². The van der Waals surface area contributed by atoms with Crippen LogP contribution >= 0.6 is 0 Å². The SMILES string of the molecule is COCc1ccccc1CNC1(C)CCCOC1. The van der Waals surface area contributed by atoms with Crippen LogP contribution in [-0.2, 0) is 22.6 Å². The third-order valence-electron chi connectivity index (χ3n) is 3.56. The van der Waals surface area contributed by atoms with Crippen LogP contribution in [0, 0.1) is 0 Å². The van der Waals surface area contributed by atoms with Crippen LogP contribution in [0.2, 0.25) is 0 Å². The first kappa shape index (κ1) is 13.5. The number of hydrogen-bond acceptors (Lipinski definition) is 3. The number of rotatable bonds is 5. The van der Waals surface area contributed by atoms with E-state index in [2.05, 4.69) is 36.5 Å². The Morgan fingerprint density at radius 3 is 2.78 bits per heavy atom. The van der Waals surface area contributed by atoms with Crippen molar-refractivity contribution in [1.29, 1.82) is 0 Å². The van der Waals surface area contributed by atoms with Gasteiger partial charge in [0.25, 0.3) is 0 Å². The van der Waals surface area contributed by atoms with Crippen LogP contribution in [0.15, 0.2) is 24.3 Å². The number of ether oxygens (including phenoxy) is 2.